The van der Waals surface area contributed by atoms with Crippen LogP contribution in [0.25, 0.3) is 6.08 Å². The number of anilines is 1. The standard InChI is InChI=1S/C20H21F2N3O7/c1-3-8-25-17(23)16(18(28)24-20(25)29)12(26)10-31-15(27)7-5-11-4-6-13(32-19(21)22)14(9-11)30-2/h4-7,9,19H,3,8,10,23H2,1-2H3,(H,24,28,29)/b7-5+. The van der Waals surface area contributed by atoms with Crippen LogP contribution >= 0.6 is 0 Å². The second-order valence-corrected chi connectivity index (χ2v) is 6.32. The molecule has 0 saturated heterocycles. The number of nitrogen functional groups attached to an aromatic ring is 1. The van der Waals surface area contributed by atoms with Crippen molar-refractivity contribution < 1.29 is 32.6 Å². The summed E-state index contributed by atoms with van der Waals surface area (Å²) in [7, 11) is 1.26. The van der Waals surface area contributed by atoms with E-state index < -0.39 is 41.8 Å². The molecule has 172 valence electrons. The van der Waals surface area contributed by atoms with E-state index in [0.29, 0.717) is 12.0 Å². The summed E-state index contributed by atoms with van der Waals surface area (Å²) in [5.74, 6) is -2.27. The van der Waals surface area contributed by atoms with Gasteiger partial charge in [-0.25, -0.2) is 9.59 Å². The molecule has 1 heterocycles. The van der Waals surface area contributed by atoms with Crippen LogP contribution in [-0.4, -0.2) is 41.6 Å². The first-order valence-electron chi connectivity index (χ1n) is 9.31. The van der Waals surface area contributed by atoms with E-state index in [1.54, 1.807) is 6.92 Å². The molecular weight excluding hydrogens is 432 g/mol. The Morgan fingerprint density at radius 2 is 1.97 bits per heavy atom. The number of esters is 1. The predicted octanol–water partition coefficient (Wildman–Crippen LogP) is 1.58. The van der Waals surface area contributed by atoms with E-state index >= 15 is 0 Å². The lowest BCUT2D eigenvalue weighted by atomic mass is 10.2. The number of ketones is 1. The van der Waals surface area contributed by atoms with Crippen LogP contribution < -0.4 is 26.5 Å². The van der Waals surface area contributed by atoms with Gasteiger partial charge in [-0.1, -0.05) is 13.0 Å². The van der Waals surface area contributed by atoms with E-state index in [4.69, 9.17) is 15.2 Å². The first-order valence-corrected chi connectivity index (χ1v) is 9.31. The Bertz CT molecular complexity index is 1140. The molecule has 0 unspecified atom stereocenters. The number of hydrogen-bond acceptors (Lipinski definition) is 8. The van der Waals surface area contributed by atoms with E-state index in [0.717, 1.165) is 10.6 Å². The first kappa shape index (κ1) is 24.3. The molecule has 0 bridgehead atoms. The predicted molar refractivity (Wildman–Crippen MR) is 110 cm³/mol. The van der Waals surface area contributed by atoms with Crippen LogP contribution in [0.1, 0.15) is 29.3 Å². The van der Waals surface area contributed by atoms with Gasteiger partial charge in [0.2, 0.25) is 5.78 Å². The number of aromatic nitrogens is 2. The van der Waals surface area contributed by atoms with Crippen molar-refractivity contribution in [2.45, 2.75) is 26.5 Å². The molecule has 0 saturated carbocycles. The van der Waals surface area contributed by atoms with Gasteiger partial charge in [-0.05, 0) is 30.2 Å². The lowest BCUT2D eigenvalue weighted by molar-refractivity contribution is -0.136. The van der Waals surface area contributed by atoms with Crippen molar-refractivity contribution >= 4 is 23.6 Å². The van der Waals surface area contributed by atoms with E-state index in [1.165, 1.54) is 31.4 Å². The Balaban J connectivity index is 2.08. The normalized spacial score (nSPS) is 11.0. The highest BCUT2D eigenvalue weighted by Crippen LogP contribution is 2.29. The lowest BCUT2D eigenvalue weighted by Gasteiger charge is -2.11. The smallest absolute Gasteiger partial charge is 0.387 e. The summed E-state index contributed by atoms with van der Waals surface area (Å²) in [4.78, 5) is 50.0. The zero-order chi connectivity index (χ0) is 23.8. The van der Waals surface area contributed by atoms with Crippen molar-refractivity contribution in [3.8, 4) is 11.5 Å². The average molecular weight is 453 g/mol. The Morgan fingerprint density at radius 1 is 1.25 bits per heavy atom. The zero-order valence-electron chi connectivity index (χ0n) is 17.2. The van der Waals surface area contributed by atoms with Gasteiger partial charge < -0.3 is 19.9 Å². The molecule has 3 N–H and O–H groups in total. The van der Waals surface area contributed by atoms with Crippen LogP contribution in [0, 0.1) is 0 Å². The fraction of sp³-hybridized carbons (Fsp3) is 0.300. The number of Topliss-reactive ketones (excluding diaryl/α,β-unsaturated/α-hetero) is 1. The third-order valence-electron chi connectivity index (χ3n) is 4.13. The monoisotopic (exact) mass is 453 g/mol. The molecule has 1 aromatic heterocycles. The number of H-pyrrole nitrogens is 1. The molecule has 32 heavy (non-hydrogen) atoms. The third kappa shape index (κ3) is 6.03. The van der Waals surface area contributed by atoms with E-state index in [-0.39, 0.29) is 23.9 Å². The van der Waals surface area contributed by atoms with Crippen LogP contribution in [0.2, 0.25) is 0 Å². The number of ether oxygens (including phenoxy) is 3. The summed E-state index contributed by atoms with van der Waals surface area (Å²) >= 11 is 0. The van der Waals surface area contributed by atoms with Gasteiger partial charge >= 0.3 is 18.3 Å². The SMILES string of the molecule is CCCn1c(N)c(C(=O)COC(=O)/C=C/c2ccc(OC(F)F)c(OC)c2)c(=O)[nH]c1=O. The Kier molecular flexibility index (Phi) is 8.27. The Hall–Kier alpha value is -3.96. The molecule has 0 aliphatic heterocycles. The van der Waals surface area contributed by atoms with Gasteiger partial charge in [0.05, 0.1) is 7.11 Å². The van der Waals surface area contributed by atoms with Crippen molar-refractivity contribution in [2.24, 2.45) is 0 Å². The second kappa shape index (κ2) is 10.9. The van der Waals surface area contributed by atoms with Crippen LogP contribution in [0.5, 0.6) is 11.5 Å². The molecule has 0 fully saturated rings. The van der Waals surface area contributed by atoms with E-state index in [9.17, 15) is 28.0 Å². The molecule has 0 amide bonds. The van der Waals surface area contributed by atoms with E-state index in [2.05, 4.69) is 4.74 Å². The van der Waals surface area contributed by atoms with Crippen molar-refractivity contribution in [2.75, 3.05) is 19.5 Å². The fourth-order valence-electron chi connectivity index (χ4n) is 2.71. The van der Waals surface area contributed by atoms with Gasteiger partial charge in [-0.3, -0.25) is 19.1 Å². The summed E-state index contributed by atoms with van der Waals surface area (Å²) in [6.07, 6.45) is 2.81. The third-order valence-corrected chi connectivity index (χ3v) is 4.13. The number of halogens is 2. The summed E-state index contributed by atoms with van der Waals surface area (Å²) in [5.41, 5.74) is 3.98. The molecule has 0 atom stereocenters. The first-order chi connectivity index (χ1) is 15.2. The van der Waals surface area contributed by atoms with Crippen molar-refractivity contribution in [1.82, 2.24) is 9.55 Å². The molecule has 10 nitrogen and oxygen atoms in total. The number of nitrogens with two attached hydrogens (primary N) is 1. The van der Waals surface area contributed by atoms with Gasteiger partial charge in [0.25, 0.3) is 5.56 Å². The molecule has 0 aliphatic rings. The maximum absolute atomic E-state index is 12.4. The van der Waals surface area contributed by atoms with Gasteiger partial charge in [-0.2, -0.15) is 8.78 Å². The molecule has 2 rings (SSSR count). The Labute approximate surface area is 180 Å². The maximum atomic E-state index is 12.4. The zero-order valence-corrected chi connectivity index (χ0v) is 17.2. The number of nitrogens with one attached hydrogen (secondary N) is 1. The fourth-order valence-corrected chi connectivity index (χ4v) is 2.71. The van der Waals surface area contributed by atoms with Crippen molar-refractivity contribution in [3.63, 3.8) is 0 Å². The topological polar surface area (TPSA) is 143 Å². The minimum absolute atomic E-state index is 0.0212. The average Bonchev–Trinajstić information content (AvgIpc) is 2.73. The minimum atomic E-state index is -3.03. The van der Waals surface area contributed by atoms with Crippen LogP contribution in [0.4, 0.5) is 14.6 Å². The number of carbonyl (C=O) groups is 2. The summed E-state index contributed by atoms with van der Waals surface area (Å²) in [5, 5.41) is 0. The number of methoxy groups -OCH3 is 1. The van der Waals surface area contributed by atoms with Crippen LogP contribution in [0.15, 0.2) is 33.9 Å². The van der Waals surface area contributed by atoms with Crippen LogP contribution in [-0.2, 0) is 16.1 Å². The molecule has 12 heteroatoms. The van der Waals surface area contributed by atoms with E-state index in [1.807, 2.05) is 4.98 Å². The molecule has 2 aromatic rings. The molecule has 0 radical (unpaired) electrons. The van der Waals surface area contributed by atoms with Gasteiger partial charge in [-0.15, -0.1) is 0 Å². The number of carbonyl (C=O) groups excluding carboxylic acids is 2. The van der Waals surface area contributed by atoms with Crippen molar-refractivity contribution in [3.05, 3.63) is 56.2 Å². The van der Waals surface area contributed by atoms with Gasteiger partial charge in [0.1, 0.15) is 11.4 Å². The van der Waals surface area contributed by atoms with Crippen molar-refractivity contribution in [1.29, 1.82) is 0 Å². The minimum Gasteiger partial charge on any atom is -0.493 e. The Morgan fingerprint density at radius 3 is 2.59 bits per heavy atom. The highest BCUT2D eigenvalue weighted by molar-refractivity contribution is 6.01. The second-order valence-electron chi connectivity index (χ2n) is 6.32. The number of nitrogens with zero attached hydrogens (tertiary/aromatic N) is 1. The number of alkyl halides is 2. The summed E-state index contributed by atoms with van der Waals surface area (Å²) in [6, 6.07) is 3.98. The largest absolute Gasteiger partial charge is 0.493 e. The van der Waals surface area contributed by atoms with Gasteiger partial charge in [0, 0.05) is 12.6 Å². The van der Waals surface area contributed by atoms with Crippen LogP contribution in [0.3, 0.4) is 0 Å². The summed E-state index contributed by atoms with van der Waals surface area (Å²) in [6.45, 7) is -1.85. The highest BCUT2D eigenvalue weighted by atomic mass is 19.3. The highest BCUT2D eigenvalue weighted by Gasteiger charge is 2.20. The van der Waals surface area contributed by atoms with Gasteiger partial charge in [0.15, 0.2) is 18.1 Å². The number of rotatable bonds is 10. The summed E-state index contributed by atoms with van der Waals surface area (Å²) < 4.78 is 39.9. The maximum Gasteiger partial charge on any atom is 0.387 e. The molecule has 0 spiro atoms. The molecular formula is C20H21F2N3O7. The lowest BCUT2D eigenvalue weighted by Crippen LogP contribution is -2.37. The quantitative estimate of drug-likeness (QED) is 0.314. The molecule has 0 aliphatic carbocycles. The number of hydrogen-bond donors (Lipinski definition) is 2. The number of aromatic amines is 1. The molecule has 1 aromatic carbocycles. The number of benzene rings is 1.